The monoisotopic (exact) mass is 354 g/mol. The van der Waals surface area contributed by atoms with Crippen molar-refractivity contribution in [1.82, 2.24) is 0 Å². The topological polar surface area (TPSA) is 52.6 Å². The standard InChI is InChI=1S/C19H31O4P/c1-8-24(21,13-14(2)12-19(3,4)5)18(20)17-15(22-6)10-9-11-16(17)23-7/h9-11,14H,8,12-13H2,1-7H3. The maximum atomic E-state index is 13.5. The van der Waals surface area contributed by atoms with E-state index in [1.165, 1.54) is 14.2 Å². The van der Waals surface area contributed by atoms with Crippen molar-refractivity contribution in [3.05, 3.63) is 23.8 Å². The molecular formula is C19H31O4P. The van der Waals surface area contributed by atoms with Crippen molar-refractivity contribution in [2.24, 2.45) is 11.3 Å². The maximum Gasteiger partial charge on any atom is 0.228 e. The zero-order valence-electron chi connectivity index (χ0n) is 16.0. The van der Waals surface area contributed by atoms with E-state index in [9.17, 15) is 9.36 Å². The van der Waals surface area contributed by atoms with Crippen LogP contribution in [-0.4, -0.2) is 32.1 Å². The number of rotatable bonds is 8. The third-order valence-electron chi connectivity index (χ3n) is 4.09. The van der Waals surface area contributed by atoms with Crippen LogP contribution in [0.2, 0.25) is 0 Å². The quantitative estimate of drug-likeness (QED) is 0.595. The fraction of sp³-hybridized carbons (Fsp3) is 0.632. The van der Waals surface area contributed by atoms with Gasteiger partial charge in [-0.15, -0.1) is 0 Å². The average molecular weight is 354 g/mol. The fourth-order valence-electron chi connectivity index (χ4n) is 3.23. The van der Waals surface area contributed by atoms with Crippen molar-refractivity contribution in [3.8, 4) is 11.5 Å². The van der Waals surface area contributed by atoms with Crippen LogP contribution >= 0.6 is 7.14 Å². The largest absolute Gasteiger partial charge is 0.496 e. The first-order valence-electron chi connectivity index (χ1n) is 8.42. The summed E-state index contributed by atoms with van der Waals surface area (Å²) in [5.41, 5.74) is 0.110. The minimum Gasteiger partial charge on any atom is -0.496 e. The molecule has 0 aliphatic heterocycles. The van der Waals surface area contributed by atoms with E-state index in [1.807, 2.05) is 6.92 Å². The second-order valence-electron chi connectivity index (χ2n) is 7.60. The molecule has 0 heterocycles. The van der Waals surface area contributed by atoms with Gasteiger partial charge in [-0.25, -0.2) is 0 Å². The Morgan fingerprint density at radius 1 is 1.17 bits per heavy atom. The lowest BCUT2D eigenvalue weighted by molar-refractivity contribution is 0.106. The molecule has 24 heavy (non-hydrogen) atoms. The van der Waals surface area contributed by atoms with Gasteiger partial charge in [0.05, 0.1) is 14.2 Å². The molecule has 0 aromatic heterocycles. The van der Waals surface area contributed by atoms with Gasteiger partial charge in [0.1, 0.15) is 17.1 Å². The van der Waals surface area contributed by atoms with Gasteiger partial charge >= 0.3 is 0 Å². The van der Waals surface area contributed by atoms with Crippen LogP contribution in [-0.2, 0) is 4.57 Å². The number of benzene rings is 1. The number of ether oxygens (including phenoxy) is 2. The van der Waals surface area contributed by atoms with E-state index in [2.05, 4.69) is 27.7 Å². The normalized spacial score (nSPS) is 15.5. The molecule has 0 saturated heterocycles. The number of methoxy groups -OCH3 is 2. The predicted molar refractivity (Wildman–Crippen MR) is 100 cm³/mol. The van der Waals surface area contributed by atoms with Gasteiger partial charge in [-0.05, 0) is 29.9 Å². The SMILES string of the molecule is CCP(=O)(CC(C)CC(C)(C)C)C(=O)c1c(OC)cccc1OC. The molecule has 0 N–H and O–H groups in total. The first-order valence-corrected chi connectivity index (χ1v) is 10.5. The number of hydrogen-bond donors (Lipinski definition) is 0. The molecule has 0 aliphatic rings. The summed E-state index contributed by atoms with van der Waals surface area (Å²) < 4.78 is 24.1. The summed E-state index contributed by atoms with van der Waals surface area (Å²) in [6.45, 7) is 10.4. The highest BCUT2D eigenvalue weighted by atomic mass is 31.2. The Labute approximate surface area is 146 Å². The van der Waals surface area contributed by atoms with Crippen LogP contribution in [0.1, 0.15) is 51.4 Å². The summed E-state index contributed by atoms with van der Waals surface area (Å²) in [7, 11) is -0.0253. The second-order valence-corrected chi connectivity index (χ2v) is 10.8. The Hall–Kier alpha value is -1.28. The van der Waals surface area contributed by atoms with Crippen molar-refractivity contribution in [1.29, 1.82) is 0 Å². The molecule has 2 atom stereocenters. The first kappa shape index (κ1) is 20.8. The third kappa shape index (κ3) is 5.11. The summed E-state index contributed by atoms with van der Waals surface area (Å²) >= 11 is 0. The van der Waals surface area contributed by atoms with E-state index in [1.54, 1.807) is 18.2 Å². The van der Waals surface area contributed by atoms with Crippen molar-refractivity contribution < 1.29 is 18.8 Å². The molecule has 2 unspecified atom stereocenters. The predicted octanol–water partition coefficient (Wildman–Crippen LogP) is 5.30. The van der Waals surface area contributed by atoms with Gasteiger partial charge in [0.15, 0.2) is 7.14 Å². The van der Waals surface area contributed by atoms with Gasteiger partial charge in [-0.1, -0.05) is 40.7 Å². The Morgan fingerprint density at radius 2 is 1.67 bits per heavy atom. The molecule has 5 heteroatoms. The molecule has 1 aromatic rings. The summed E-state index contributed by atoms with van der Waals surface area (Å²) in [6.07, 6.45) is 1.69. The summed E-state index contributed by atoms with van der Waals surface area (Å²) in [6, 6.07) is 5.16. The van der Waals surface area contributed by atoms with E-state index in [4.69, 9.17) is 9.47 Å². The Morgan fingerprint density at radius 3 is 2.04 bits per heavy atom. The number of hydrogen-bond acceptors (Lipinski definition) is 4. The zero-order valence-corrected chi connectivity index (χ0v) is 16.9. The smallest absolute Gasteiger partial charge is 0.228 e. The molecule has 0 bridgehead atoms. The van der Waals surface area contributed by atoms with E-state index in [-0.39, 0.29) is 16.9 Å². The highest BCUT2D eigenvalue weighted by Crippen LogP contribution is 2.53. The lowest BCUT2D eigenvalue weighted by Gasteiger charge is -2.26. The van der Waals surface area contributed by atoms with Crippen molar-refractivity contribution in [2.75, 3.05) is 26.5 Å². The van der Waals surface area contributed by atoms with E-state index < -0.39 is 7.14 Å². The molecule has 0 saturated carbocycles. The molecule has 1 rings (SSSR count). The fourth-order valence-corrected chi connectivity index (χ4v) is 5.71. The van der Waals surface area contributed by atoms with Crippen LogP contribution in [0.3, 0.4) is 0 Å². The second kappa shape index (κ2) is 8.20. The molecule has 4 nitrogen and oxygen atoms in total. The minimum atomic E-state index is -3.03. The Balaban J connectivity index is 3.21. The van der Waals surface area contributed by atoms with Crippen LogP contribution in [0.5, 0.6) is 11.5 Å². The van der Waals surface area contributed by atoms with Gasteiger partial charge in [0, 0.05) is 12.3 Å². The van der Waals surface area contributed by atoms with Gasteiger partial charge in [0.2, 0.25) is 5.52 Å². The van der Waals surface area contributed by atoms with E-state index in [0.717, 1.165) is 6.42 Å². The van der Waals surface area contributed by atoms with Gasteiger partial charge in [-0.3, -0.25) is 4.79 Å². The highest BCUT2D eigenvalue weighted by molar-refractivity contribution is 7.81. The van der Waals surface area contributed by atoms with Gasteiger partial charge in [0.25, 0.3) is 0 Å². The van der Waals surface area contributed by atoms with Crippen LogP contribution < -0.4 is 9.47 Å². The third-order valence-corrected chi connectivity index (χ3v) is 7.29. The minimum absolute atomic E-state index is 0.142. The van der Waals surface area contributed by atoms with Crippen molar-refractivity contribution in [2.45, 2.75) is 41.0 Å². The molecule has 0 amide bonds. The molecule has 136 valence electrons. The highest BCUT2D eigenvalue weighted by Gasteiger charge is 2.36. The van der Waals surface area contributed by atoms with Crippen molar-refractivity contribution >= 4 is 12.7 Å². The van der Waals surface area contributed by atoms with Crippen molar-refractivity contribution in [3.63, 3.8) is 0 Å². The zero-order chi connectivity index (χ0) is 18.5. The molecule has 0 aliphatic carbocycles. The Kier molecular flexibility index (Phi) is 7.10. The lowest BCUT2D eigenvalue weighted by atomic mass is 9.86. The molecule has 0 fully saturated rings. The average Bonchev–Trinajstić information content (AvgIpc) is 2.51. The van der Waals surface area contributed by atoms with Gasteiger partial charge in [-0.2, -0.15) is 0 Å². The molecule has 0 spiro atoms. The van der Waals surface area contributed by atoms with E-state index >= 15 is 0 Å². The molecule has 0 radical (unpaired) electrons. The van der Waals surface area contributed by atoms with E-state index in [0.29, 0.717) is 29.4 Å². The summed E-state index contributed by atoms with van der Waals surface area (Å²) in [4.78, 5) is 13.1. The maximum absolute atomic E-state index is 13.5. The molecular weight excluding hydrogens is 323 g/mol. The first-order chi connectivity index (χ1) is 11.1. The summed E-state index contributed by atoms with van der Waals surface area (Å²) in [5, 5.41) is 0. The van der Waals surface area contributed by atoms with Crippen LogP contribution in [0.4, 0.5) is 0 Å². The number of carbonyl (C=O) groups is 1. The van der Waals surface area contributed by atoms with Crippen LogP contribution in [0.15, 0.2) is 18.2 Å². The summed E-state index contributed by atoms with van der Waals surface area (Å²) in [5.74, 6) is 1.04. The lowest BCUT2D eigenvalue weighted by Crippen LogP contribution is -2.18. The molecule has 1 aromatic carbocycles. The van der Waals surface area contributed by atoms with Crippen LogP contribution in [0.25, 0.3) is 0 Å². The van der Waals surface area contributed by atoms with Crippen LogP contribution in [0, 0.1) is 11.3 Å². The number of carbonyl (C=O) groups excluding carboxylic acids is 1. The Bertz CT molecular complexity index is 594. The van der Waals surface area contributed by atoms with Gasteiger partial charge < -0.3 is 14.0 Å².